The summed E-state index contributed by atoms with van der Waals surface area (Å²) in [7, 11) is -2.18. The van der Waals surface area contributed by atoms with E-state index in [4.69, 9.17) is 9.16 Å². The molecule has 2 aromatic carbocycles. The van der Waals surface area contributed by atoms with E-state index in [0.29, 0.717) is 6.54 Å². The number of likely N-dealkylation sites (tertiary alicyclic amines) is 1. The minimum atomic E-state index is -2.18. The normalized spacial score (nSPS) is 20.1. The van der Waals surface area contributed by atoms with E-state index in [-0.39, 0.29) is 23.1 Å². The number of nitrogens with zero attached hydrogens (tertiary/aromatic N) is 1. The number of benzene rings is 2. The van der Waals surface area contributed by atoms with Crippen LogP contribution in [-0.2, 0) is 20.5 Å². The van der Waals surface area contributed by atoms with Crippen LogP contribution in [0.5, 0.6) is 0 Å². The van der Waals surface area contributed by atoms with E-state index < -0.39 is 32.0 Å². The molecule has 1 fully saturated rings. The van der Waals surface area contributed by atoms with Gasteiger partial charge in [0.2, 0.25) is 5.91 Å². The van der Waals surface area contributed by atoms with Gasteiger partial charge >= 0.3 is 6.09 Å². The van der Waals surface area contributed by atoms with Crippen molar-refractivity contribution >= 4 is 20.3 Å². The second-order valence-electron chi connectivity index (χ2n) is 12.6. The number of hydrogen-bond acceptors (Lipinski definition) is 4. The van der Waals surface area contributed by atoms with Crippen molar-refractivity contribution in [3.8, 4) is 0 Å². The summed E-state index contributed by atoms with van der Waals surface area (Å²) < 4.78 is 12.4. The Balaban J connectivity index is 1.97. The third-order valence-corrected chi connectivity index (χ3v) is 12.0. The lowest BCUT2D eigenvalue weighted by molar-refractivity contribution is -0.162. The molecule has 0 unspecified atom stereocenters. The summed E-state index contributed by atoms with van der Waals surface area (Å²) in [6.45, 7) is 18.9. The van der Waals surface area contributed by atoms with E-state index in [9.17, 15) is 9.59 Å². The number of carbonyl (C=O) groups is 2. The van der Waals surface area contributed by atoms with Gasteiger partial charge in [0.1, 0.15) is 5.60 Å². The number of ether oxygens (including phenoxy) is 1. The molecular weight excluding hydrogens is 480 g/mol. The number of β-lactam (4-membered cyclic amide) rings is 1. The van der Waals surface area contributed by atoms with Crippen molar-refractivity contribution in [2.24, 2.45) is 5.92 Å². The van der Waals surface area contributed by atoms with Crippen molar-refractivity contribution < 1.29 is 18.8 Å². The number of carbonyl (C=O) groups excluding carboxylic acids is 2. The van der Waals surface area contributed by atoms with Crippen LogP contribution in [-0.4, -0.2) is 43.0 Å². The summed E-state index contributed by atoms with van der Waals surface area (Å²) >= 11 is 0. The van der Waals surface area contributed by atoms with E-state index in [1.807, 2.05) is 93.3 Å². The van der Waals surface area contributed by atoms with Gasteiger partial charge in [0.05, 0.1) is 24.1 Å². The van der Waals surface area contributed by atoms with E-state index >= 15 is 0 Å². The molecule has 1 aliphatic rings. The van der Waals surface area contributed by atoms with Gasteiger partial charge < -0.3 is 19.4 Å². The lowest BCUT2D eigenvalue weighted by Gasteiger charge is -2.52. The summed E-state index contributed by atoms with van der Waals surface area (Å²) in [6.07, 6.45) is -0.920. The smallest absolute Gasteiger partial charge is 0.407 e. The number of hydrogen-bond donors (Lipinski definition) is 1. The molecule has 1 saturated heterocycles. The Morgan fingerprint density at radius 2 is 1.51 bits per heavy atom. The number of rotatable bonds is 8. The zero-order chi connectivity index (χ0) is 27.6. The second kappa shape index (κ2) is 11.0. The third kappa shape index (κ3) is 7.02. The van der Waals surface area contributed by atoms with Gasteiger partial charge in [-0.05, 0) is 57.0 Å². The molecule has 202 valence electrons. The minimum absolute atomic E-state index is 0.00412. The van der Waals surface area contributed by atoms with Crippen LogP contribution in [0.3, 0.4) is 0 Å². The first-order valence-electron chi connectivity index (χ1n) is 13.2. The molecule has 0 spiro atoms. The highest BCUT2D eigenvalue weighted by atomic mass is 28.4. The Labute approximate surface area is 223 Å². The monoisotopic (exact) mass is 524 g/mol. The molecule has 0 bridgehead atoms. The molecule has 0 saturated carbocycles. The quantitative estimate of drug-likeness (QED) is 0.309. The maximum absolute atomic E-state index is 13.8. The average molecular weight is 525 g/mol. The van der Waals surface area contributed by atoms with Crippen LogP contribution in [0, 0.1) is 5.92 Å². The second-order valence-corrected chi connectivity index (χ2v) is 17.3. The third-order valence-electron chi connectivity index (χ3n) is 7.44. The largest absolute Gasteiger partial charge is 0.444 e. The van der Waals surface area contributed by atoms with Crippen molar-refractivity contribution in [2.75, 3.05) is 0 Å². The van der Waals surface area contributed by atoms with Gasteiger partial charge in [0.25, 0.3) is 0 Å². The summed E-state index contributed by atoms with van der Waals surface area (Å²) in [5, 5.41) is 3.04. The minimum Gasteiger partial charge on any atom is -0.444 e. The summed E-state index contributed by atoms with van der Waals surface area (Å²) in [6, 6.07) is 19.3. The summed E-state index contributed by atoms with van der Waals surface area (Å²) in [4.78, 5) is 28.7. The first kappa shape index (κ1) is 28.9. The highest BCUT2D eigenvalue weighted by molar-refractivity contribution is 6.74. The average Bonchev–Trinajstić information content (AvgIpc) is 2.78. The van der Waals surface area contributed by atoms with Crippen LogP contribution in [0.2, 0.25) is 18.1 Å². The maximum atomic E-state index is 13.8. The predicted octanol–water partition coefficient (Wildman–Crippen LogP) is 6.69. The molecule has 1 N–H and O–H groups in total. The molecule has 0 aliphatic carbocycles. The molecule has 37 heavy (non-hydrogen) atoms. The summed E-state index contributed by atoms with van der Waals surface area (Å²) in [5.41, 5.74) is 1.45. The molecule has 0 aromatic heterocycles. The van der Waals surface area contributed by atoms with Crippen LogP contribution in [0.1, 0.15) is 65.6 Å². The van der Waals surface area contributed by atoms with E-state index in [1.165, 1.54) is 0 Å². The number of amides is 2. The Bertz CT molecular complexity index is 1060. The lowest BCUT2D eigenvalue weighted by atomic mass is 9.75. The molecular formula is C30H44N2O4Si. The maximum Gasteiger partial charge on any atom is 0.407 e. The van der Waals surface area contributed by atoms with Gasteiger partial charge in [0, 0.05) is 6.54 Å². The van der Waals surface area contributed by atoms with Crippen molar-refractivity contribution in [2.45, 2.75) is 96.9 Å². The highest BCUT2D eigenvalue weighted by Gasteiger charge is 2.54. The molecule has 1 aliphatic heterocycles. The highest BCUT2D eigenvalue weighted by Crippen LogP contribution is 2.45. The SMILES string of the molecule is C[C@@H](O[Si](C)(C)C(C)(C)C)[C@@H](NC(=O)OC(C)(C)C)[C@@H]1C(=O)N(Cc2ccccc2)[C@H]1c1ccccc1. The van der Waals surface area contributed by atoms with Crippen LogP contribution in [0.25, 0.3) is 0 Å². The van der Waals surface area contributed by atoms with Gasteiger partial charge in [-0.25, -0.2) is 4.79 Å². The molecule has 2 amide bonds. The van der Waals surface area contributed by atoms with Crippen LogP contribution < -0.4 is 5.32 Å². The Morgan fingerprint density at radius 3 is 2.03 bits per heavy atom. The molecule has 4 atom stereocenters. The van der Waals surface area contributed by atoms with Gasteiger partial charge in [-0.2, -0.15) is 0 Å². The predicted molar refractivity (Wildman–Crippen MR) is 151 cm³/mol. The van der Waals surface area contributed by atoms with E-state index in [1.54, 1.807) is 0 Å². The first-order chi connectivity index (χ1) is 17.1. The molecule has 2 aromatic rings. The molecule has 1 heterocycles. The summed E-state index contributed by atoms with van der Waals surface area (Å²) in [5.74, 6) is -0.470. The Kier molecular flexibility index (Phi) is 8.59. The van der Waals surface area contributed by atoms with Crippen LogP contribution >= 0.6 is 0 Å². The zero-order valence-electron chi connectivity index (χ0n) is 23.9. The molecule has 6 nitrogen and oxygen atoms in total. The van der Waals surface area contributed by atoms with Gasteiger partial charge in [-0.15, -0.1) is 0 Å². The van der Waals surface area contributed by atoms with Crippen molar-refractivity contribution in [1.82, 2.24) is 10.2 Å². The van der Waals surface area contributed by atoms with Crippen LogP contribution in [0.4, 0.5) is 4.79 Å². The first-order valence-corrected chi connectivity index (χ1v) is 16.1. The Hall–Kier alpha value is -2.64. The van der Waals surface area contributed by atoms with E-state index in [2.05, 4.69) is 39.2 Å². The topological polar surface area (TPSA) is 67.9 Å². The molecule has 0 radical (unpaired) electrons. The van der Waals surface area contributed by atoms with Crippen molar-refractivity contribution in [3.05, 3.63) is 71.8 Å². The molecule has 7 heteroatoms. The molecule has 3 rings (SSSR count). The van der Waals surface area contributed by atoms with Crippen LogP contribution in [0.15, 0.2) is 60.7 Å². The fraction of sp³-hybridized carbons (Fsp3) is 0.533. The van der Waals surface area contributed by atoms with Gasteiger partial charge in [-0.1, -0.05) is 81.4 Å². The van der Waals surface area contributed by atoms with Crippen molar-refractivity contribution in [3.63, 3.8) is 0 Å². The fourth-order valence-corrected chi connectivity index (χ4v) is 6.01. The Morgan fingerprint density at radius 1 is 0.973 bits per heavy atom. The fourth-order valence-electron chi connectivity index (χ4n) is 4.58. The lowest BCUT2D eigenvalue weighted by Crippen LogP contribution is -2.65. The van der Waals surface area contributed by atoms with Gasteiger partial charge in [-0.3, -0.25) is 4.79 Å². The van der Waals surface area contributed by atoms with Crippen molar-refractivity contribution in [1.29, 1.82) is 0 Å². The van der Waals surface area contributed by atoms with E-state index in [0.717, 1.165) is 11.1 Å². The van der Waals surface area contributed by atoms with Gasteiger partial charge in [0.15, 0.2) is 8.32 Å². The number of alkyl carbamates (subject to hydrolysis) is 1. The zero-order valence-corrected chi connectivity index (χ0v) is 24.9. The standard InChI is InChI=1S/C30H44N2O4Si/c1-21(36-37(8,9)30(5,6)7)25(31-28(34)35-29(2,3)4)24-26(23-18-14-11-15-19-23)32(27(24)33)20-22-16-12-10-13-17-22/h10-19,21,24-26H,20H2,1-9H3,(H,31,34)/t21-,24+,25-,26+/m1/s1. The number of nitrogens with one attached hydrogen (secondary N) is 1.